The Morgan fingerprint density at radius 1 is 0.833 bits per heavy atom. The van der Waals surface area contributed by atoms with Crippen LogP contribution in [0.15, 0.2) is 0 Å². The summed E-state index contributed by atoms with van der Waals surface area (Å²) >= 11 is 0. The molecule has 0 radical (unpaired) electrons. The molecule has 0 aromatic heterocycles. The molecule has 0 spiro atoms. The Hall–Kier alpha value is -0.570. The third-order valence-electron chi connectivity index (χ3n) is 5.45. The molecule has 1 aliphatic heterocycles. The van der Waals surface area contributed by atoms with Gasteiger partial charge in [0.2, 0.25) is 0 Å². The van der Waals surface area contributed by atoms with Crippen LogP contribution in [0.1, 0.15) is 110 Å². The van der Waals surface area contributed by atoms with E-state index in [1.165, 1.54) is 89.9 Å². The third-order valence-corrected chi connectivity index (χ3v) is 5.45. The van der Waals surface area contributed by atoms with Crippen LogP contribution >= 0.6 is 0 Å². The smallest absolute Gasteiger partial charge is 0.320 e. The summed E-state index contributed by atoms with van der Waals surface area (Å²) in [4.78, 5) is 13.3. The minimum absolute atomic E-state index is 0.202. The Labute approximate surface area is 150 Å². The largest absolute Gasteiger partial charge is 0.480 e. The van der Waals surface area contributed by atoms with Crippen LogP contribution in [0.4, 0.5) is 0 Å². The number of hydrogen-bond donors (Lipinski definition) is 1. The zero-order valence-corrected chi connectivity index (χ0v) is 16.1. The predicted molar refractivity (Wildman–Crippen MR) is 103 cm³/mol. The van der Waals surface area contributed by atoms with Crippen LogP contribution in [-0.2, 0) is 4.79 Å². The maximum absolute atomic E-state index is 11.1. The molecule has 24 heavy (non-hydrogen) atoms. The normalized spacial score (nSPS) is 18.3. The first-order chi connectivity index (χ1) is 11.8. The SMILES string of the molecule is CCCCCCCCCCCCCCCCN1CCC[C@H]1C(=O)O. The van der Waals surface area contributed by atoms with Crippen LogP contribution in [0, 0.1) is 0 Å². The van der Waals surface area contributed by atoms with E-state index in [1.807, 2.05) is 0 Å². The van der Waals surface area contributed by atoms with E-state index in [1.54, 1.807) is 0 Å². The molecule has 1 N–H and O–H groups in total. The zero-order valence-electron chi connectivity index (χ0n) is 16.1. The van der Waals surface area contributed by atoms with Crippen molar-refractivity contribution < 1.29 is 9.90 Å². The lowest BCUT2D eigenvalue weighted by molar-refractivity contribution is -0.142. The van der Waals surface area contributed by atoms with Gasteiger partial charge in [0.1, 0.15) is 6.04 Å². The lowest BCUT2D eigenvalue weighted by Crippen LogP contribution is -2.36. The Morgan fingerprint density at radius 2 is 1.29 bits per heavy atom. The molecule has 0 saturated carbocycles. The fourth-order valence-corrected chi connectivity index (χ4v) is 3.88. The lowest BCUT2D eigenvalue weighted by Gasteiger charge is -2.20. The molecule has 1 saturated heterocycles. The van der Waals surface area contributed by atoms with Gasteiger partial charge in [-0.05, 0) is 32.4 Å². The van der Waals surface area contributed by atoms with E-state index in [0.29, 0.717) is 0 Å². The molecule has 0 aromatic rings. The second-order valence-corrected chi connectivity index (χ2v) is 7.63. The van der Waals surface area contributed by atoms with Crippen LogP contribution < -0.4 is 0 Å². The molecule has 0 aromatic carbocycles. The van der Waals surface area contributed by atoms with E-state index >= 15 is 0 Å². The van der Waals surface area contributed by atoms with E-state index in [0.717, 1.165) is 25.9 Å². The number of nitrogens with zero attached hydrogens (tertiary/aromatic N) is 1. The second kappa shape index (κ2) is 14.7. The predicted octanol–water partition coefficient (Wildman–Crippen LogP) is 6.02. The summed E-state index contributed by atoms with van der Waals surface area (Å²) in [6, 6.07) is -0.202. The monoisotopic (exact) mass is 339 g/mol. The minimum atomic E-state index is -0.627. The van der Waals surface area contributed by atoms with Crippen LogP contribution in [0.5, 0.6) is 0 Å². The van der Waals surface area contributed by atoms with Crippen molar-refractivity contribution in [3.8, 4) is 0 Å². The van der Waals surface area contributed by atoms with Gasteiger partial charge in [-0.2, -0.15) is 0 Å². The lowest BCUT2D eigenvalue weighted by atomic mass is 10.0. The first kappa shape index (κ1) is 21.5. The van der Waals surface area contributed by atoms with Crippen LogP contribution in [0.3, 0.4) is 0 Å². The highest BCUT2D eigenvalue weighted by atomic mass is 16.4. The van der Waals surface area contributed by atoms with E-state index in [-0.39, 0.29) is 6.04 Å². The average Bonchev–Trinajstić information content (AvgIpc) is 3.04. The van der Waals surface area contributed by atoms with Crippen molar-refractivity contribution in [2.75, 3.05) is 13.1 Å². The highest BCUT2D eigenvalue weighted by Gasteiger charge is 2.29. The van der Waals surface area contributed by atoms with Crippen molar-refractivity contribution in [1.82, 2.24) is 4.90 Å². The number of unbranched alkanes of at least 4 members (excludes halogenated alkanes) is 13. The van der Waals surface area contributed by atoms with Gasteiger partial charge >= 0.3 is 5.97 Å². The highest BCUT2D eigenvalue weighted by molar-refractivity contribution is 5.73. The Balaban J connectivity index is 1.79. The summed E-state index contributed by atoms with van der Waals surface area (Å²) in [5.41, 5.74) is 0. The number of carboxylic acids is 1. The molecule has 142 valence electrons. The number of rotatable bonds is 16. The molecule has 1 fully saturated rings. The summed E-state index contributed by atoms with van der Waals surface area (Å²) in [6.07, 6.45) is 21.1. The first-order valence-corrected chi connectivity index (χ1v) is 10.7. The van der Waals surface area contributed by atoms with Crippen LogP contribution in [0.2, 0.25) is 0 Å². The molecule has 0 bridgehead atoms. The standard InChI is InChI=1S/C21H41NO2/c1-2-3-4-5-6-7-8-9-10-11-12-13-14-15-18-22-19-16-17-20(22)21(23)24/h20H,2-19H2,1H3,(H,23,24)/t20-/m0/s1. The zero-order chi connectivity index (χ0) is 17.5. The molecule has 1 heterocycles. The van der Waals surface area contributed by atoms with Gasteiger partial charge < -0.3 is 5.11 Å². The summed E-state index contributed by atoms with van der Waals surface area (Å²) in [6.45, 7) is 4.24. The van der Waals surface area contributed by atoms with Gasteiger partial charge in [0.05, 0.1) is 0 Å². The van der Waals surface area contributed by atoms with Crippen molar-refractivity contribution >= 4 is 5.97 Å². The molecule has 0 unspecified atom stereocenters. The van der Waals surface area contributed by atoms with Gasteiger partial charge in [-0.3, -0.25) is 9.69 Å². The van der Waals surface area contributed by atoms with Gasteiger partial charge in [0.15, 0.2) is 0 Å². The molecule has 1 atom stereocenters. The molecule has 1 aliphatic rings. The van der Waals surface area contributed by atoms with Gasteiger partial charge in [-0.1, -0.05) is 90.4 Å². The van der Waals surface area contributed by atoms with Crippen molar-refractivity contribution in [2.45, 2.75) is 116 Å². The molecule has 1 rings (SSSR count). The Morgan fingerprint density at radius 3 is 1.75 bits per heavy atom. The second-order valence-electron chi connectivity index (χ2n) is 7.63. The fraction of sp³-hybridized carbons (Fsp3) is 0.952. The molecule has 0 aliphatic carbocycles. The fourth-order valence-electron chi connectivity index (χ4n) is 3.88. The number of carbonyl (C=O) groups is 1. The molecule has 3 heteroatoms. The van der Waals surface area contributed by atoms with Gasteiger partial charge in [0, 0.05) is 0 Å². The maximum atomic E-state index is 11.1. The summed E-state index contributed by atoms with van der Waals surface area (Å²) < 4.78 is 0. The summed E-state index contributed by atoms with van der Waals surface area (Å²) in [5, 5.41) is 9.16. The highest BCUT2D eigenvalue weighted by Crippen LogP contribution is 2.18. The number of likely N-dealkylation sites (tertiary alicyclic amines) is 1. The van der Waals surface area contributed by atoms with Crippen molar-refractivity contribution in [3.05, 3.63) is 0 Å². The number of carboxylic acid groups (broad SMARTS) is 1. The summed E-state index contributed by atoms with van der Waals surface area (Å²) in [5.74, 6) is -0.627. The number of aliphatic carboxylic acids is 1. The quantitative estimate of drug-likeness (QED) is 0.350. The van der Waals surface area contributed by atoms with E-state index < -0.39 is 5.97 Å². The number of hydrogen-bond acceptors (Lipinski definition) is 2. The van der Waals surface area contributed by atoms with Gasteiger partial charge in [-0.15, -0.1) is 0 Å². The van der Waals surface area contributed by atoms with Crippen LogP contribution in [0.25, 0.3) is 0 Å². The first-order valence-electron chi connectivity index (χ1n) is 10.7. The Kier molecular flexibility index (Phi) is 13.2. The molecular weight excluding hydrogens is 298 g/mol. The van der Waals surface area contributed by atoms with Crippen molar-refractivity contribution in [2.24, 2.45) is 0 Å². The Bertz CT molecular complexity index is 306. The maximum Gasteiger partial charge on any atom is 0.320 e. The molecule has 0 amide bonds. The van der Waals surface area contributed by atoms with Crippen LogP contribution in [-0.4, -0.2) is 35.1 Å². The minimum Gasteiger partial charge on any atom is -0.480 e. The van der Waals surface area contributed by atoms with E-state index in [9.17, 15) is 4.79 Å². The van der Waals surface area contributed by atoms with Crippen molar-refractivity contribution in [3.63, 3.8) is 0 Å². The van der Waals surface area contributed by atoms with E-state index in [2.05, 4.69) is 11.8 Å². The van der Waals surface area contributed by atoms with Gasteiger partial charge in [-0.25, -0.2) is 0 Å². The average molecular weight is 340 g/mol. The molecule has 3 nitrogen and oxygen atoms in total. The molecular formula is C21H41NO2. The topological polar surface area (TPSA) is 40.5 Å². The van der Waals surface area contributed by atoms with Crippen molar-refractivity contribution in [1.29, 1.82) is 0 Å². The third kappa shape index (κ3) is 10.3. The van der Waals surface area contributed by atoms with Gasteiger partial charge in [0.25, 0.3) is 0 Å². The van der Waals surface area contributed by atoms with E-state index in [4.69, 9.17) is 5.11 Å². The summed E-state index contributed by atoms with van der Waals surface area (Å²) in [7, 11) is 0.